The number of hydrogen-bond acceptors (Lipinski definition) is 5. The maximum atomic E-state index is 12.4. The Hall–Kier alpha value is -2.43. The van der Waals surface area contributed by atoms with Crippen molar-refractivity contribution in [3.05, 3.63) is 41.5 Å². The third-order valence-electron chi connectivity index (χ3n) is 4.80. The molecule has 0 bridgehead atoms. The highest BCUT2D eigenvalue weighted by Crippen LogP contribution is 2.50. The normalized spacial score (nSPS) is 21.0. The molecule has 1 fully saturated rings. The molecule has 0 amide bonds. The van der Waals surface area contributed by atoms with Gasteiger partial charge < -0.3 is 14.3 Å². The van der Waals surface area contributed by atoms with Gasteiger partial charge in [0.2, 0.25) is 0 Å². The molecule has 1 aliphatic rings. The largest absolute Gasteiger partial charge is 0.468 e. The van der Waals surface area contributed by atoms with Crippen LogP contribution in [-0.2, 0) is 23.9 Å². The van der Waals surface area contributed by atoms with Crippen LogP contribution in [-0.4, -0.2) is 32.4 Å². The summed E-state index contributed by atoms with van der Waals surface area (Å²) in [6.45, 7) is 1.95. The van der Waals surface area contributed by atoms with Crippen LogP contribution >= 0.6 is 0 Å². The number of carbonyl (C=O) groups excluding carboxylic acids is 3. The van der Waals surface area contributed by atoms with Crippen molar-refractivity contribution < 1.29 is 23.9 Å². The predicted octanol–water partition coefficient (Wildman–Crippen LogP) is 2.79. The average Bonchev–Trinajstić information content (AvgIpc) is 3.01. The Morgan fingerprint density at radius 2 is 1.75 bits per heavy atom. The van der Waals surface area contributed by atoms with Crippen molar-refractivity contribution >= 4 is 23.8 Å². The van der Waals surface area contributed by atoms with Gasteiger partial charge in [-0.3, -0.25) is 9.59 Å². The van der Waals surface area contributed by atoms with E-state index in [2.05, 4.69) is 0 Å². The molecule has 1 aromatic rings. The molecule has 1 aliphatic carbocycles. The summed E-state index contributed by atoms with van der Waals surface area (Å²) >= 11 is 0. The van der Waals surface area contributed by atoms with Gasteiger partial charge in [-0.05, 0) is 36.8 Å². The first-order chi connectivity index (χ1) is 11.5. The lowest BCUT2D eigenvalue weighted by Crippen LogP contribution is -2.39. The standard InChI is InChI=1S/C19H22O5/c1-13(14-7-5-4-6-8-14)16-12-19(17(21)23-2,18(22)24-3)11-15(16)9-10-20/h4-8,10,15H,9,11-12H2,1-3H3/b16-13-. The van der Waals surface area contributed by atoms with E-state index in [1.54, 1.807) is 0 Å². The number of ether oxygens (including phenoxy) is 2. The highest BCUT2D eigenvalue weighted by atomic mass is 16.5. The van der Waals surface area contributed by atoms with Crippen molar-refractivity contribution in [2.24, 2.45) is 11.3 Å². The van der Waals surface area contributed by atoms with Gasteiger partial charge in [-0.2, -0.15) is 0 Å². The molecule has 24 heavy (non-hydrogen) atoms. The summed E-state index contributed by atoms with van der Waals surface area (Å²) in [5, 5.41) is 0. The Morgan fingerprint density at radius 3 is 2.25 bits per heavy atom. The highest BCUT2D eigenvalue weighted by Gasteiger charge is 2.55. The van der Waals surface area contributed by atoms with Crippen molar-refractivity contribution in [1.82, 2.24) is 0 Å². The number of allylic oxidation sites excluding steroid dienone is 2. The van der Waals surface area contributed by atoms with Gasteiger partial charge in [-0.25, -0.2) is 0 Å². The van der Waals surface area contributed by atoms with Crippen LogP contribution in [0.3, 0.4) is 0 Å². The first kappa shape index (κ1) is 17.9. The minimum Gasteiger partial charge on any atom is -0.468 e. The zero-order valence-corrected chi connectivity index (χ0v) is 14.2. The second-order valence-corrected chi connectivity index (χ2v) is 6.06. The van der Waals surface area contributed by atoms with Crippen molar-refractivity contribution in [1.29, 1.82) is 0 Å². The van der Waals surface area contributed by atoms with Crippen LogP contribution in [0, 0.1) is 11.3 Å². The van der Waals surface area contributed by atoms with E-state index < -0.39 is 17.4 Å². The summed E-state index contributed by atoms with van der Waals surface area (Å²) in [4.78, 5) is 35.8. The van der Waals surface area contributed by atoms with Crippen LogP contribution in [0.25, 0.3) is 5.57 Å². The third-order valence-corrected chi connectivity index (χ3v) is 4.80. The van der Waals surface area contributed by atoms with E-state index in [0.29, 0.717) is 0 Å². The smallest absolute Gasteiger partial charge is 0.323 e. The summed E-state index contributed by atoms with van der Waals surface area (Å²) in [5.41, 5.74) is 1.55. The maximum Gasteiger partial charge on any atom is 0.323 e. The van der Waals surface area contributed by atoms with E-state index >= 15 is 0 Å². The Morgan fingerprint density at radius 1 is 1.17 bits per heavy atom. The number of esters is 2. The summed E-state index contributed by atoms with van der Waals surface area (Å²) in [6, 6.07) is 9.72. The molecular formula is C19H22O5. The van der Waals surface area contributed by atoms with Gasteiger partial charge in [0.1, 0.15) is 6.29 Å². The number of aldehydes is 1. The summed E-state index contributed by atoms with van der Waals surface area (Å²) in [5.74, 6) is -1.40. The van der Waals surface area contributed by atoms with Crippen LogP contribution in [0.2, 0.25) is 0 Å². The molecular weight excluding hydrogens is 308 g/mol. The first-order valence-electron chi connectivity index (χ1n) is 7.85. The van der Waals surface area contributed by atoms with Gasteiger partial charge in [-0.15, -0.1) is 0 Å². The summed E-state index contributed by atoms with van der Waals surface area (Å²) < 4.78 is 9.74. The lowest BCUT2D eigenvalue weighted by Gasteiger charge is -2.22. The second kappa shape index (κ2) is 7.43. The molecule has 0 N–H and O–H groups in total. The molecule has 0 heterocycles. The van der Waals surface area contributed by atoms with Crippen LogP contribution in [0.1, 0.15) is 31.7 Å². The zero-order valence-electron chi connectivity index (χ0n) is 14.2. The Labute approximate surface area is 141 Å². The molecule has 5 heteroatoms. The average molecular weight is 330 g/mol. The van der Waals surface area contributed by atoms with Gasteiger partial charge in [0.25, 0.3) is 0 Å². The molecule has 1 atom stereocenters. The molecule has 0 aliphatic heterocycles. The molecule has 0 aromatic heterocycles. The van der Waals surface area contributed by atoms with Crippen molar-refractivity contribution in [2.75, 3.05) is 14.2 Å². The SMILES string of the molecule is COC(=O)C1(C(=O)OC)C/C(=C(\C)c2ccccc2)C(CC=O)C1. The fraction of sp³-hybridized carbons (Fsp3) is 0.421. The fourth-order valence-electron chi connectivity index (χ4n) is 3.52. The van der Waals surface area contributed by atoms with E-state index in [9.17, 15) is 14.4 Å². The van der Waals surface area contributed by atoms with Gasteiger partial charge in [0.05, 0.1) is 14.2 Å². The number of carbonyl (C=O) groups is 3. The summed E-state index contributed by atoms with van der Waals surface area (Å²) in [6.07, 6.45) is 1.53. The van der Waals surface area contributed by atoms with E-state index in [-0.39, 0.29) is 25.2 Å². The number of methoxy groups -OCH3 is 2. The molecule has 5 nitrogen and oxygen atoms in total. The Bertz CT molecular complexity index is 644. The van der Waals surface area contributed by atoms with Crippen molar-refractivity contribution in [3.8, 4) is 0 Å². The van der Waals surface area contributed by atoms with Crippen molar-refractivity contribution in [2.45, 2.75) is 26.2 Å². The van der Waals surface area contributed by atoms with E-state index in [1.807, 2.05) is 37.3 Å². The number of benzene rings is 1. The van der Waals surface area contributed by atoms with Gasteiger partial charge in [0, 0.05) is 6.42 Å². The molecule has 0 saturated heterocycles. The second-order valence-electron chi connectivity index (χ2n) is 6.06. The maximum absolute atomic E-state index is 12.4. The van der Waals surface area contributed by atoms with E-state index in [1.165, 1.54) is 14.2 Å². The zero-order chi connectivity index (χ0) is 17.7. The highest BCUT2D eigenvalue weighted by molar-refractivity contribution is 6.01. The summed E-state index contributed by atoms with van der Waals surface area (Å²) in [7, 11) is 2.51. The minimum atomic E-state index is -1.37. The molecule has 1 aromatic carbocycles. The minimum absolute atomic E-state index is 0.180. The van der Waals surface area contributed by atoms with E-state index in [4.69, 9.17) is 9.47 Å². The molecule has 0 radical (unpaired) electrons. The molecule has 1 unspecified atom stereocenters. The molecule has 1 saturated carbocycles. The quantitative estimate of drug-likeness (QED) is 0.472. The lowest BCUT2D eigenvalue weighted by molar-refractivity contribution is -0.168. The third kappa shape index (κ3) is 3.11. The number of rotatable bonds is 5. The molecule has 2 rings (SSSR count). The van der Waals surface area contributed by atoms with Crippen LogP contribution < -0.4 is 0 Å². The van der Waals surface area contributed by atoms with Crippen LogP contribution in [0.4, 0.5) is 0 Å². The predicted molar refractivity (Wildman–Crippen MR) is 88.9 cm³/mol. The number of hydrogen-bond donors (Lipinski definition) is 0. The van der Waals surface area contributed by atoms with Crippen LogP contribution in [0.15, 0.2) is 35.9 Å². The van der Waals surface area contributed by atoms with Gasteiger partial charge in [0.15, 0.2) is 5.41 Å². The van der Waals surface area contributed by atoms with Crippen LogP contribution in [0.5, 0.6) is 0 Å². The van der Waals surface area contributed by atoms with Gasteiger partial charge >= 0.3 is 11.9 Å². The monoisotopic (exact) mass is 330 g/mol. The topological polar surface area (TPSA) is 69.7 Å². The Balaban J connectivity index is 2.53. The van der Waals surface area contributed by atoms with E-state index in [0.717, 1.165) is 23.0 Å². The fourth-order valence-corrected chi connectivity index (χ4v) is 3.52. The van der Waals surface area contributed by atoms with Gasteiger partial charge in [-0.1, -0.05) is 35.9 Å². The molecule has 0 spiro atoms. The first-order valence-corrected chi connectivity index (χ1v) is 7.85. The molecule has 128 valence electrons. The van der Waals surface area contributed by atoms with Crippen molar-refractivity contribution in [3.63, 3.8) is 0 Å². The Kier molecular flexibility index (Phi) is 5.54. The lowest BCUT2D eigenvalue weighted by atomic mass is 9.84.